The Balaban J connectivity index is 3.89. The minimum atomic E-state index is 0.0538. The Labute approximate surface area is 64.1 Å². The zero-order chi connectivity index (χ0) is 8.41. The molecule has 0 heterocycles. The molecule has 0 aromatic carbocycles. The fraction of sp³-hybridized carbons (Fsp3) is 1.00. The third-order valence-electron chi connectivity index (χ3n) is 1.33. The van der Waals surface area contributed by atoms with Gasteiger partial charge in [0, 0.05) is 5.41 Å². The summed E-state index contributed by atoms with van der Waals surface area (Å²) in [6, 6.07) is 0. The van der Waals surface area contributed by atoms with E-state index in [1.165, 1.54) is 0 Å². The van der Waals surface area contributed by atoms with E-state index in [4.69, 9.17) is 5.11 Å². The number of quaternary nitrogens is 1. The van der Waals surface area contributed by atoms with E-state index in [0.717, 1.165) is 11.0 Å². The van der Waals surface area contributed by atoms with Gasteiger partial charge in [0.15, 0.2) is 0 Å². The first kappa shape index (κ1) is 9.92. The van der Waals surface area contributed by atoms with Crippen LogP contribution in [0.1, 0.15) is 13.8 Å². The van der Waals surface area contributed by atoms with Crippen molar-refractivity contribution in [1.29, 1.82) is 0 Å². The van der Waals surface area contributed by atoms with Crippen molar-refractivity contribution in [2.24, 2.45) is 5.41 Å². The van der Waals surface area contributed by atoms with Gasteiger partial charge in [0.25, 0.3) is 0 Å². The summed E-state index contributed by atoms with van der Waals surface area (Å²) in [6.07, 6.45) is 0. The standard InChI is InChI=1S/C8H20NO/c1-8(2,7-10)6-9(3,4)5/h10H,6-7H2,1-5H3/q+1. The number of rotatable bonds is 3. The molecule has 0 atom stereocenters. The van der Waals surface area contributed by atoms with Gasteiger partial charge in [-0.25, -0.2) is 0 Å². The van der Waals surface area contributed by atoms with Crippen molar-refractivity contribution < 1.29 is 9.59 Å². The molecule has 0 aliphatic heterocycles. The third-order valence-corrected chi connectivity index (χ3v) is 1.33. The zero-order valence-corrected chi connectivity index (χ0v) is 7.81. The molecule has 0 amide bonds. The first-order valence-electron chi connectivity index (χ1n) is 3.68. The van der Waals surface area contributed by atoms with Crippen LogP contribution in [0.3, 0.4) is 0 Å². The Bertz CT molecular complexity index is 102. The maximum absolute atomic E-state index is 8.95. The molecule has 0 fully saturated rings. The Morgan fingerprint density at radius 1 is 1.20 bits per heavy atom. The van der Waals surface area contributed by atoms with Gasteiger partial charge in [-0.3, -0.25) is 0 Å². The van der Waals surface area contributed by atoms with E-state index in [0.29, 0.717) is 0 Å². The Morgan fingerprint density at radius 3 is 1.70 bits per heavy atom. The summed E-state index contributed by atoms with van der Waals surface area (Å²) < 4.78 is 0.910. The lowest BCUT2D eigenvalue weighted by atomic mass is 9.94. The van der Waals surface area contributed by atoms with Crippen LogP contribution in [0.4, 0.5) is 0 Å². The van der Waals surface area contributed by atoms with Crippen LogP contribution in [0.2, 0.25) is 0 Å². The number of hydrogen-bond acceptors (Lipinski definition) is 1. The largest absolute Gasteiger partial charge is 0.396 e. The van der Waals surface area contributed by atoms with Crippen LogP contribution in [0.15, 0.2) is 0 Å². The third kappa shape index (κ3) is 4.77. The molecule has 0 bridgehead atoms. The molecule has 0 unspecified atom stereocenters. The molecule has 0 aromatic rings. The van der Waals surface area contributed by atoms with E-state index in [1.54, 1.807) is 0 Å². The van der Waals surface area contributed by atoms with E-state index >= 15 is 0 Å². The Morgan fingerprint density at radius 2 is 1.60 bits per heavy atom. The second-order valence-electron chi connectivity index (χ2n) is 4.77. The number of aliphatic hydroxyl groups is 1. The Hall–Kier alpha value is -0.0800. The minimum Gasteiger partial charge on any atom is -0.396 e. The normalized spacial score (nSPS) is 13.8. The summed E-state index contributed by atoms with van der Waals surface area (Å²) in [5.41, 5.74) is 0.0538. The molecule has 0 radical (unpaired) electrons. The van der Waals surface area contributed by atoms with Crippen LogP contribution >= 0.6 is 0 Å². The second kappa shape index (κ2) is 2.89. The van der Waals surface area contributed by atoms with Crippen molar-refractivity contribution in [1.82, 2.24) is 0 Å². The summed E-state index contributed by atoms with van der Waals surface area (Å²) >= 11 is 0. The van der Waals surface area contributed by atoms with Gasteiger partial charge >= 0.3 is 0 Å². The van der Waals surface area contributed by atoms with Crippen LogP contribution in [0.5, 0.6) is 0 Å². The first-order chi connectivity index (χ1) is 4.27. The molecule has 0 aromatic heterocycles. The van der Waals surface area contributed by atoms with Crippen LogP contribution in [-0.2, 0) is 0 Å². The summed E-state index contributed by atoms with van der Waals surface area (Å²) in [5, 5.41) is 8.95. The molecule has 0 rings (SSSR count). The van der Waals surface area contributed by atoms with Crippen molar-refractivity contribution in [3.05, 3.63) is 0 Å². The van der Waals surface area contributed by atoms with E-state index in [2.05, 4.69) is 35.0 Å². The zero-order valence-electron chi connectivity index (χ0n) is 7.81. The molecular weight excluding hydrogens is 126 g/mol. The molecule has 62 valence electrons. The fourth-order valence-corrected chi connectivity index (χ4v) is 1.33. The first-order valence-corrected chi connectivity index (χ1v) is 3.68. The molecule has 0 saturated heterocycles. The van der Waals surface area contributed by atoms with Gasteiger partial charge in [-0.1, -0.05) is 13.8 Å². The van der Waals surface area contributed by atoms with Gasteiger partial charge < -0.3 is 9.59 Å². The highest BCUT2D eigenvalue weighted by atomic mass is 16.3. The fourth-order valence-electron chi connectivity index (χ4n) is 1.33. The van der Waals surface area contributed by atoms with E-state index in [-0.39, 0.29) is 12.0 Å². The van der Waals surface area contributed by atoms with Gasteiger partial charge in [0.1, 0.15) is 0 Å². The van der Waals surface area contributed by atoms with Crippen LogP contribution in [-0.4, -0.2) is 43.9 Å². The van der Waals surface area contributed by atoms with Gasteiger partial charge in [-0.15, -0.1) is 0 Å². The summed E-state index contributed by atoms with van der Waals surface area (Å²) in [5.74, 6) is 0. The predicted molar refractivity (Wildman–Crippen MR) is 43.8 cm³/mol. The quantitative estimate of drug-likeness (QED) is 0.581. The molecule has 0 aliphatic rings. The molecule has 0 aliphatic carbocycles. The molecule has 10 heavy (non-hydrogen) atoms. The van der Waals surface area contributed by atoms with Crippen molar-refractivity contribution in [2.75, 3.05) is 34.3 Å². The van der Waals surface area contributed by atoms with Crippen molar-refractivity contribution in [2.45, 2.75) is 13.8 Å². The van der Waals surface area contributed by atoms with Crippen LogP contribution < -0.4 is 0 Å². The van der Waals surface area contributed by atoms with Crippen LogP contribution in [0.25, 0.3) is 0 Å². The number of aliphatic hydroxyl groups excluding tert-OH is 1. The lowest BCUT2D eigenvalue weighted by Gasteiger charge is -2.32. The summed E-state index contributed by atoms with van der Waals surface area (Å²) in [7, 11) is 6.41. The number of nitrogens with zero attached hydrogens (tertiary/aromatic N) is 1. The minimum absolute atomic E-state index is 0.0538. The smallest absolute Gasteiger partial charge is 0.0854 e. The van der Waals surface area contributed by atoms with Crippen molar-refractivity contribution >= 4 is 0 Å². The molecule has 0 spiro atoms. The lowest BCUT2D eigenvalue weighted by molar-refractivity contribution is -0.877. The van der Waals surface area contributed by atoms with Crippen LogP contribution in [0, 0.1) is 5.41 Å². The molecular formula is C8H20NO+. The highest BCUT2D eigenvalue weighted by Crippen LogP contribution is 2.16. The molecule has 2 nitrogen and oxygen atoms in total. The van der Waals surface area contributed by atoms with E-state index < -0.39 is 0 Å². The Kier molecular flexibility index (Phi) is 2.86. The topological polar surface area (TPSA) is 20.2 Å². The predicted octanol–water partition coefficient (Wildman–Crippen LogP) is 0.711. The van der Waals surface area contributed by atoms with Gasteiger partial charge in [-0.2, -0.15) is 0 Å². The average molecular weight is 146 g/mol. The van der Waals surface area contributed by atoms with Crippen molar-refractivity contribution in [3.63, 3.8) is 0 Å². The molecule has 1 N–H and O–H groups in total. The van der Waals surface area contributed by atoms with E-state index in [9.17, 15) is 0 Å². The maximum atomic E-state index is 8.95. The molecule has 0 saturated carbocycles. The van der Waals surface area contributed by atoms with Gasteiger partial charge in [0.05, 0.1) is 34.3 Å². The number of hydrogen-bond donors (Lipinski definition) is 1. The highest BCUT2D eigenvalue weighted by molar-refractivity contribution is 4.64. The monoisotopic (exact) mass is 146 g/mol. The van der Waals surface area contributed by atoms with Crippen molar-refractivity contribution in [3.8, 4) is 0 Å². The second-order valence-corrected chi connectivity index (χ2v) is 4.77. The van der Waals surface area contributed by atoms with E-state index in [1.807, 2.05) is 0 Å². The lowest BCUT2D eigenvalue weighted by Crippen LogP contribution is -2.44. The SMILES string of the molecule is CC(C)(CO)C[N+](C)(C)C. The molecule has 2 heteroatoms. The summed E-state index contributed by atoms with van der Waals surface area (Å²) in [4.78, 5) is 0. The average Bonchev–Trinajstić information content (AvgIpc) is 1.60. The van der Waals surface area contributed by atoms with Gasteiger partial charge in [0.2, 0.25) is 0 Å². The maximum Gasteiger partial charge on any atom is 0.0854 e. The van der Waals surface area contributed by atoms with Gasteiger partial charge in [-0.05, 0) is 0 Å². The summed E-state index contributed by atoms with van der Waals surface area (Å²) in [6.45, 7) is 5.43. The highest BCUT2D eigenvalue weighted by Gasteiger charge is 2.24.